The molecule has 0 saturated carbocycles. The maximum absolute atomic E-state index is 13.1. The summed E-state index contributed by atoms with van der Waals surface area (Å²) in [5.41, 5.74) is 5.00. The second kappa shape index (κ2) is 9.54. The summed E-state index contributed by atoms with van der Waals surface area (Å²) in [6, 6.07) is 15.7. The Bertz CT molecular complexity index is 940. The number of urea groups is 1. The smallest absolute Gasteiger partial charge is 0.315 e. The first-order valence-corrected chi connectivity index (χ1v) is 11.6. The molecule has 0 aromatic heterocycles. The van der Waals surface area contributed by atoms with E-state index >= 15 is 0 Å². The molecule has 2 unspecified atom stereocenters. The standard InChI is InChI=1S/C26H33N3O2/c1-17(2)24(25(30)27-22-15-7-11-18-9-3-5-13-20(18)22)29-26(31)28-23-16-8-12-19-10-4-6-14-21(19)23/h3-6,9-10,13-14,17,22-24H,7-8,11-12,15-16H2,1-2H3,(H,27,30)(H2,28,29,31)/t22?,23?,24-/m0/s1. The Balaban J connectivity index is 1.40. The Morgan fingerprint density at radius 3 is 1.87 bits per heavy atom. The van der Waals surface area contributed by atoms with Gasteiger partial charge in [-0.3, -0.25) is 4.79 Å². The van der Waals surface area contributed by atoms with Crippen molar-refractivity contribution in [1.82, 2.24) is 16.0 Å². The van der Waals surface area contributed by atoms with Gasteiger partial charge in [0.05, 0.1) is 12.1 Å². The monoisotopic (exact) mass is 419 g/mol. The van der Waals surface area contributed by atoms with Crippen molar-refractivity contribution in [2.75, 3.05) is 0 Å². The fourth-order valence-corrected chi connectivity index (χ4v) is 4.95. The number of amides is 3. The minimum Gasteiger partial charge on any atom is -0.347 e. The first kappa shape index (κ1) is 21.4. The normalized spacial score (nSPS) is 20.9. The van der Waals surface area contributed by atoms with Crippen molar-refractivity contribution in [1.29, 1.82) is 0 Å². The number of carbonyl (C=O) groups is 2. The molecule has 5 heteroatoms. The molecule has 0 radical (unpaired) electrons. The molecule has 0 fully saturated rings. The highest BCUT2D eigenvalue weighted by Gasteiger charge is 2.29. The topological polar surface area (TPSA) is 70.2 Å². The van der Waals surface area contributed by atoms with Crippen molar-refractivity contribution >= 4 is 11.9 Å². The molecule has 2 aromatic carbocycles. The molecular formula is C26H33N3O2. The molecule has 0 saturated heterocycles. The van der Waals surface area contributed by atoms with Gasteiger partial charge in [-0.1, -0.05) is 62.4 Å². The molecule has 4 rings (SSSR count). The van der Waals surface area contributed by atoms with Crippen LogP contribution in [0, 0.1) is 5.92 Å². The molecule has 2 aliphatic rings. The fourth-order valence-electron chi connectivity index (χ4n) is 4.95. The zero-order valence-corrected chi connectivity index (χ0v) is 18.5. The summed E-state index contributed by atoms with van der Waals surface area (Å²) in [6.07, 6.45) is 6.07. The summed E-state index contributed by atoms with van der Waals surface area (Å²) in [5.74, 6) is -0.126. The second-order valence-electron chi connectivity index (χ2n) is 9.14. The van der Waals surface area contributed by atoms with Crippen LogP contribution in [0.2, 0.25) is 0 Å². The lowest BCUT2D eigenvalue weighted by molar-refractivity contribution is -0.124. The Kier molecular flexibility index (Phi) is 6.59. The van der Waals surface area contributed by atoms with Crippen LogP contribution in [0.15, 0.2) is 48.5 Å². The average Bonchev–Trinajstić information content (AvgIpc) is 2.78. The van der Waals surface area contributed by atoms with Gasteiger partial charge >= 0.3 is 6.03 Å². The van der Waals surface area contributed by atoms with Crippen molar-refractivity contribution < 1.29 is 9.59 Å². The van der Waals surface area contributed by atoms with Crippen LogP contribution in [-0.2, 0) is 17.6 Å². The van der Waals surface area contributed by atoms with Crippen LogP contribution in [0.3, 0.4) is 0 Å². The molecule has 31 heavy (non-hydrogen) atoms. The van der Waals surface area contributed by atoms with Crippen LogP contribution in [0.5, 0.6) is 0 Å². The summed E-state index contributed by atoms with van der Waals surface area (Å²) >= 11 is 0. The van der Waals surface area contributed by atoms with Crippen LogP contribution < -0.4 is 16.0 Å². The molecule has 0 aliphatic heterocycles. The van der Waals surface area contributed by atoms with Gasteiger partial charge in [-0.05, 0) is 66.7 Å². The van der Waals surface area contributed by atoms with Crippen molar-refractivity contribution in [2.24, 2.45) is 5.92 Å². The Morgan fingerprint density at radius 1 is 0.806 bits per heavy atom. The van der Waals surface area contributed by atoms with E-state index < -0.39 is 6.04 Å². The lowest BCUT2D eigenvalue weighted by Crippen LogP contribution is -2.53. The van der Waals surface area contributed by atoms with Gasteiger partial charge in [0.2, 0.25) is 5.91 Å². The molecule has 2 aromatic rings. The van der Waals surface area contributed by atoms with Crippen LogP contribution in [-0.4, -0.2) is 18.0 Å². The van der Waals surface area contributed by atoms with Crippen LogP contribution in [0.4, 0.5) is 4.79 Å². The maximum atomic E-state index is 13.1. The van der Waals surface area contributed by atoms with Crippen molar-refractivity contribution in [3.8, 4) is 0 Å². The summed E-state index contributed by atoms with van der Waals surface area (Å²) in [7, 11) is 0. The van der Waals surface area contributed by atoms with E-state index in [1.807, 2.05) is 32.0 Å². The number of nitrogens with one attached hydrogen (secondary N) is 3. The highest BCUT2D eigenvalue weighted by molar-refractivity contribution is 5.87. The van der Waals surface area contributed by atoms with Gasteiger partial charge in [0, 0.05) is 0 Å². The highest BCUT2D eigenvalue weighted by Crippen LogP contribution is 2.30. The molecule has 5 nitrogen and oxygen atoms in total. The van der Waals surface area contributed by atoms with Crippen molar-refractivity contribution in [3.63, 3.8) is 0 Å². The largest absolute Gasteiger partial charge is 0.347 e. The first-order valence-electron chi connectivity index (χ1n) is 11.6. The molecule has 3 amide bonds. The van der Waals surface area contributed by atoms with E-state index in [4.69, 9.17) is 0 Å². The number of benzene rings is 2. The van der Waals surface area contributed by atoms with E-state index in [0.29, 0.717) is 0 Å². The summed E-state index contributed by atoms with van der Waals surface area (Å²) in [4.78, 5) is 26.0. The Labute approximate surface area is 185 Å². The lowest BCUT2D eigenvalue weighted by atomic mass is 9.87. The van der Waals surface area contributed by atoms with Gasteiger partial charge in [0.15, 0.2) is 0 Å². The van der Waals surface area contributed by atoms with Crippen LogP contribution in [0.25, 0.3) is 0 Å². The number of aryl methyl sites for hydroxylation is 2. The maximum Gasteiger partial charge on any atom is 0.315 e. The van der Waals surface area contributed by atoms with Crippen LogP contribution >= 0.6 is 0 Å². The zero-order valence-electron chi connectivity index (χ0n) is 18.5. The summed E-state index contributed by atoms with van der Waals surface area (Å²) < 4.78 is 0. The van der Waals surface area contributed by atoms with Gasteiger partial charge in [0.1, 0.15) is 6.04 Å². The summed E-state index contributed by atoms with van der Waals surface area (Å²) in [6.45, 7) is 3.94. The molecule has 3 atom stereocenters. The van der Waals surface area contributed by atoms with Crippen molar-refractivity contribution in [3.05, 3.63) is 70.8 Å². The lowest BCUT2D eigenvalue weighted by Gasteiger charge is -2.30. The third-order valence-corrected chi connectivity index (χ3v) is 6.60. The molecule has 3 N–H and O–H groups in total. The van der Waals surface area contributed by atoms with E-state index in [9.17, 15) is 9.59 Å². The predicted molar refractivity (Wildman–Crippen MR) is 123 cm³/mol. The predicted octanol–water partition coefficient (Wildman–Crippen LogP) is 4.58. The van der Waals surface area contributed by atoms with E-state index in [-0.39, 0.29) is 29.9 Å². The zero-order chi connectivity index (χ0) is 21.8. The number of hydrogen-bond acceptors (Lipinski definition) is 2. The van der Waals surface area contributed by atoms with E-state index in [1.54, 1.807) is 0 Å². The molecule has 2 aliphatic carbocycles. The number of fused-ring (bicyclic) bond motifs is 2. The van der Waals surface area contributed by atoms with Crippen LogP contribution in [0.1, 0.15) is 73.9 Å². The Hall–Kier alpha value is -2.82. The number of carbonyl (C=O) groups excluding carboxylic acids is 2. The van der Waals surface area contributed by atoms with Gasteiger partial charge < -0.3 is 16.0 Å². The Morgan fingerprint density at radius 2 is 1.32 bits per heavy atom. The van der Waals surface area contributed by atoms with E-state index in [2.05, 4.69) is 46.3 Å². The SMILES string of the molecule is CC(C)[C@H](NC(=O)NC1CCCc2ccccc21)C(=O)NC1CCCc2ccccc21. The van der Waals surface area contributed by atoms with Crippen molar-refractivity contribution in [2.45, 2.75) is 70.5 Å². The molecule has 0 spiro atoms. The van der Waals surface area contributed by atoms with E-state index in [1.165, 1.54) is 22.3 Å². The number of hydrogen-bond donors (Lipinski definition) is 3. The third kappa shape index (κ3) is 4.92. The third-order valence-electron chi connectivity index (χ3n) is 6.60. The second-order valence-corrected chi connectivity index (χ2v) is 9.14. The quantitative estimate of drug-likeness (QED) is 0.664. The van der Waals surface area contributed by atoms with Gasteiger partial charge in [-0.25, -0.2) is 4.79 Å². The van der Waals surface area contributed by atoms with E-state index in [0.717, 1.165) is 38.5 Å². The van der Waals surface area contributed by atoms with Gasteiger partial charge in [0.25, 0.3) is 0 Å². The first-order chi connectivity index (χ1) is 15.0. The molecule has 164 valence electrons. The average molecular weight is 420 g/mol. The molecule has 0 bridgehead atoms. The minimum absolute atomic E-state index is 0.00813. The van der Waals surface area contributed by atoms with Gasteiger partial charge in [-0.2, -0.15) is 0 Å². The summed E-state index contributed by atoms with van der Waals surface area (Å²) in [5, 5.41) is 9.25. The highest BCUT2D eigenvalue weighted by atomic mass is 16.2. The minimum atomic E-state index is -0.576. The molecule has 0 heterocycles. The van der Waals surface area contributed by atoms with Gasteiger partial charge in [-0.15, -0.1) is 0 Å². The molecular weight excluding hydrogens is 386 g/mol. The fraction of sp³-hybridized carbons (Fsp3) is 0.462. The number of rotatable bonds is 5.